The number of hydrogen-bond acceptors (Lipinski definition) is 2. The quantitative estimate of drug-likeness (QED) is 0.852. The Morgan fingerprint density at radius 2 is 2.00 bits per heavy atom. The van der Waals surface area contributed by atoms with Gasteiger partial charge >= 0.3 is 0 Å². The van der Waals surface area contributed by atoms with Crippen molar-refractivity contribution in [3.8, 4) is 17.2 Å². The number of halogens is 1. The molecule has 5 rings (SSSR count). The van der Waals surface area contributed by atoms with E-state index in [1.165, 1.54) is 0 Å². The Hall–Kier alpha value is -2.05. The summed E-state index contributed by atoms with van der Waals surface area (Å²) in [5, 5.41) is 10.1. The lowest BCUT2D eigenvalue weighted by molar-refractivity contribution is 0.0155. The summed E-state index contributed by atoms with van der Waals surface area (Å²) in [7, 11) is 0. The topological polar surface area (TPSA) is 56.6 Å². The fourth-order valence-electron chi connectivity index (χ4n) is 4.31. The lowest BCUT2D eigenvalue weighted by Crippen LogP contribution is -2.49. The van der Waals surface area contributed by atoms with E-state index in [9.17, 15) is 10.1 Å². The summed E-state index contributed by atoms with van der Waals surface area (Å²) in [5.41, 5.74) is 4.03. The second-order valence-corrected chi connectivity index (χ2v) is 7.66. The Kier molecular flexibility index (Phi) is 2.98. The number of nitriles is 1. The lowest BCUT2D eigenvalue weighted by Gasteiger charge is -2.57. The molecule has 1 saturated carbocycles. The van der Waals surface area contributed by atoms with Crippen LogP contribution in [0, 0.1) is 22.7 Å². The van der Waals surface area contributed by atoms with Gasteiger partial charge in [0.2, 0.25) is 0 Å². The molecule has 0 spiro atoms. The molecule has 3 nitrogen and oxygen atoms in total. The Morgan fingerprint density at radius 3 is 2.61 bits per heavy atom. The van der Waals surface area contributed by atoms with Crippen LogP contribution in [0.5, 0.6) is 0 Å². The van der Waals surface area contributed by atoms with Crippen LogP contribution in [0.3, 0.4) is 0 Å². The van der Waals surface area contributed by atoms with Gasteiger partial charge in [-0.2, -0.15) is 5.26 Å². The van der Waals surface area contributed by atoms with Crippen molar-refractivity contribution in [3.63, 3.8) is 0 Å². The molecule has 1 aromatic carbocycles. The number of benzene rings is 1. The van der Waals surface area contributed by atoms with Crippen molar-refractivity contribution < 1.29 is 0 Å². The van der Waals surface area contributed by atoms with Crippen LogP contribution in [0.1, 0.15) is 43.0 Å². The molecule has 0 amide bonds. The molecule has 2 bridgehead atoms. The highest BCUT2D eigenvalue weighted by Gasteiger charge is 2.53. The van der Waals surface area contributed by atoms with Crippen LogP contribution < -0.4 is 5.56 Å². The Balaban J connectivity index is 2.01. The fourth-order valence-corrected chi connectivity index (χ4v) is 4.44. The Morgan fingerprint density at radius 1 is 1.30 bits per heavy atom. The molecule has 2 aromatic rings. The molecule has 0 radical (unpaired) electrons. The van der Waals surface area contributed by atoms with Crippen molar-refractivity contribution in [2.24, 2.45) is 11.3 Å². The molecule has 23 heavy (non-hydrogen) atoms. The number of aromatic amines is 1. The second-order valence-electron chi connectivity index (χ2n) is 7.23. The van der Waals surface area contributed by atoms with Gasteiger partial charge in [-0.05, 0) is 47.4 Å². The zero-order valence-electron chi connectivity index (χ0n) is 13.1. The van der Waals surface area contributed by atoms with Gasteiger partial charge in [-0.1, -0.05) is 37.6 Å². The minimum absolute atomic E-state index is 0.213. The summed E-state index contributed by atoms with van der Waals surface area (Å²) in [6, 6.07) is 9.50. The highest BCUT2D eigenvalue weighted by Crippen LogP contribution is 2.62. The molecule has 1 heterocycles. The zero-order chi connectivity index (χ0) is 16.4. The normalized spacial score (nSPS) is 23.6. The molecule has 2 atom stereocenters. The minimum atomic E-state index is -0.280. The van der Waals surface area contributed by atoms with Crippen molar-refractivity contribution in [1.82, 2.24) is 4.98 Å². The van der Waals surface area contributed by atoms with Crippen LogP contribution >= 0.6 is 11.6 Å². The van der Waals surface area contributed by atoms with Gasteiger partial charge in [-0.3, -0.25) is 4.79 Å². The van der Waals surface area contributed by atoms with E-state index in [0.29, 0.717) is 16.9 Å². The maximum Gasteiger partial charge on any atom is 0.266 e. The van der Waals surface area contributed by atoms with E-state index in [0.717, 1.165) is 35.2 Å². The standard InChI is InChI=1S/C19H17ClN2O/c1-19(2)11-7-13-16(10-3-5-12(20)6-4-10)14(9-21)18(23)22-17(13)15(19)8-11/h3-6,11,15H,7-8H2,1-2H3,(H,22,23)/t11-,15-/m0/s1. The van der Waals surface area contributed by atoms with Gasteiger partial charge < -0.3 is 4.98 Å². The van der Waals surface area contributed by atoms with Gasteiger partial charge in [0.05, 0.1) is 0 Å². The van der Waals surface area contributed by atoms with Gasteiger partial charge in [0, 0.05) is 22.2 Å². The highest BCUT2D eigenvalue weighted by atomic mass is 35.5. The number of rotatable bonds is 1. The number of hydrogen-bond donors (Lipinski definition) is 1. The first-order valence-corrected chi connectivity index (χ1v) is 8.26. The lowest BCUT2D eigenvalue weighted by atomic mass is 9.48. The number of nitrogens with one attached hydrogen (secondary N) is 1. The first kappa shape index (κ1) is 14.5. The molecule has 4 heteroatoms. The van der Waals surface area contributed by atoms with Gasteiger partial charge in [-0.15, -0.1) is 0 Å². The van der Waals surface area contributed by atoms with Crippen molar-refractivity contribution in [2.75, 3.05) is 0 Å². The number of nitrogens with zero attached hydrogens (tertiary/aromatic N) is 1. The first-order valence-electron chi connectivity index (χ1n) is 7.88. The molecule has 1 fully saturated rings. The molecule has 0 unspecified atom stereocenters. The van der Waals surface area contributed by atoms with E-state index in [4.69, 9.17) is 11.6 Å². The summed E-state index contributed by atoms with van der Waals surface area (Å²) < 4.78 is 0. The van der Waals surface area contributed by atoms with E-state index in [2.05, 4.69) is 24.9 Å². The van der Waals surface area contributed by atoms with Crippen molar-refractivity contribution >= 4 is 11.6 Å². The second kappa shape index (κ2) is 4.72. The maximum atomic E-state index is 12.5. The SMILES string of the molecule is CC1(C)[C@H]2Cc3c([nH]c(=O)c(C#N)c3-c3ccc(Cl)cc3)[C@@H]1C2. The highest BCUT2D eigenvalue weighted by molar-refractivity contribution is 6.30. The van der Waals surface area contributed by atoms with Crippen molar-refractivity contribution in [2.45, 2.75) is 32.6 Å². The Bertz CT molecular complexity index is 903. The predicted molar refractivity (Wildman–Crippen MR) is 90.6 cm³/mol. The molecule has 1 N–H and O–H groups in total. The molecular weight excluding hydrogens is 308 g/mol. The largest absolute Gasteiger partial charge is 0.324 e. The summed E-state index contributed by atoms with van der Waals surface area (Å²) in [5.74, 6) is 0.992. The predicted octanol–water partition coefficient (Wildman–Crippen LogP) is 4.25. The third-order valence-corrected chi connectivity index (χ3v) is 6.12. The van der Waals surface area contributed by atoms with Gasteiger partial charge in [0.1, 0.15) is 11.6 Å². The number of pyridine rings is 1. The number of aromatic nitrogens is 1. The van der Waals surface area contributed by atoms with Crippen LogP contribution in [0.4, 0.5) is 0 Å². The van der Waals surface area contributed by atoms with Crippen LogP contribution in [0.2, 0.25) is 5.02 Å². The van der Waals surface area contributed by atoms with E-state index in [-0.39, 0.29) is 16.5 Å². The minimum Gasteiger partial charge on any atom is -0.324 e. The average molecular weight is 325 g/mol. The molecular formula is C19H17ClN2O. The van der Waals surface area contributed by atoms with Crippen LogP contribution in [-0.4, -0.2) is 4.98 Å². The summed E-state index contributed by atoms with van der Waals surface area (Å²) in [4.78, 5) is 15.5. The molecule has 3 aliphatic carbocycles. The van der Waals surface area contributed by atoms with Gasteiger partial charge in [0.15, 0.2) is 0 Å². The number of H-pyrrole nitrogens is 1. The fraction of sp³-hybridized carbons (Fsp3) is 0.368. The molecule has 1 aromatic heterocycles. The van der Waals surface area contributed by atoms with Crippen molar-refractivity contribution in [3.05, 3.63) is 56.5 Å². The van der Waals surface area contributed by atoms with Gasteiger partial charge in [-0.25, -0.2) is 0 Å². The molecule has 3 aliphatic rings. The summed E-state index contributed by atoms with van der Waals surface area (Å²) >= 11 is 5.98. The van der Waals surface area contributed by atoms with E-state index < -0.39 is 0 Å². The third-order valence-electron chi connectivity index (χ3n) is 5.87. The van der Waals surface area contributed by atoms with Crippen LogP contribution in [0.25, 0.3) is 11.1 Å². The summed E-state index contributed by atoms with van der Waals surface area (Å²) in [6.07, 6.45) is 2.05. The Labute approximate surface area is 139 Å². The average Bonchev–Trinajstić information content (AvgIpc) is 2.53. The molecule has 116 valence electrons. The third kappa shape index (κ3) is 1.91. The van der Waals surface area contributed by atoms with Crippen LogP contribution in [0.15, 0.2) is 29.1 Å². The van der Waals surface area contributed by atoms with Gasteiger partial charge in [0.25, 0.3) is 5.56 Å². The molecule has 0 saturated heterocycles. The maximum absolute atomic E-state index is 12.5. The van der Waals surface area contributed by atoms with E-state index >= 15 is 0 Å². The zero-order valence-corrected chi connectivity index (χ0v) is 13.9. The first-order chi connectivity index (χ1) is 10.9. The monoisotopic (exact) mass is 324 g/mol. The molecule has 0 aliphatic heterocycles. The van der Waals surface area contributed by atoms with E-state index in [1.54, 1.807) is 12.1 Å². The van der Waals surface area contributed by atoms with Crippen molar-refractivity contribution in [1.29, 1.82) is 5.26 Å². The van der Waals surface area contributed by atoms with E-state index in [1.807, 2.05) is 12.1 Å². The van der Waals surface area contributed by atoms with Crippen LogP contribution in [-0.2, 0) is 6.42 Å². The smallest absolute Gasteiger partial charge is 0.266 e. The summed E-state index contributed by atoms with van der Waals surface area (Å²) in [6.45, 7) is 4.54.